The number of carbonyl (C=O) groups excluding carboxylic acids is 1. The molecule has 0 aliphatic carbocycles. The minimum Gasteiger partial charge on any atom is -0.493 e. The molecule has 1 aliphatic heterocycles. The van der Waals surface area contributed by atoms with E-state index in [2.05, 4.69) is 17.2 Å². The Kier molecular flexibility index (Phi) is 6.50. The highest BCUT2D eigenvalue weighted by molar-refractivity contribution is 5.77. The Hall–Kier alpha value is -3.33. The SMILES string of the molecule is COc1ccccc1OCC#CCNC(=O)COc1cccc2c1OC(C)(C)C2. The number of para-hydroxylation sites is 3. The van der Waals surface area contributed by atoms with Gasteiger partial charge in [-0.15, -0.1) is 0 Å². The van der Waals surface area contributed by atoms with Crippen molar-refractivity contribution < 1.29 is 23.7 Å². The maximum atomic E-state index is 12.0. The topological polar surface area (TPSA) is 66.0 Å². The van der Waals surface area contributed by atoms with Crippen LogP contribution in [0.15, 0.2) is 42.5 Å². The quantitative estimate of drug-likeness (QED) is 0.730. The third-order valence-corrected chi connectivity index (χ3v) is 4.28. The molecule has 0 unspecified atom stereocenters. The van der Waals surface area contributed by atoms with Gasteiger partial charge in [0.25, 0.3) is 5.91 Å². The number of rotatable bonds is 7. The number of carbonyl (C=O) groups is 1. The van der Waals surface area contributed by atoms with E-state index in [0.29, 0.717) is 17.2 Å². The predicted octanol–water partition coefficient (Wildman–Crippen LogP) is 2.99. The highest BCUT2D eigenvalue weighted by atomic mass is 16.5. The molecule has 0 spiro atoms. The zero-order chi connectivity index (χ0) is 20.7. The molecule has 29 heavy (non-hydrogen) atoms. The van der Waals surface area contributed by atoms with Gasteiger partial charge >= 0.3 is 0 Å². The maximum Gasteiger partial charge on any atom is 0.258 e. The lowest BCUT2D eigenvalue weighted by Crippen LogP contribution is -2.29. The third kappa shape index (κ3) is 5.58. The van der Waals surface area contributed by atoms with E-state index >= 15 is 0 Å². The highest BCUT2D eigenvalue weighted by Gasteiger charge is 2.32. The molecule has 6 nitrogen and oxygen atoms in total. The standard InChI is InChI=1S/C23H25NO5/c1-23(2)15-17-9-8-12-20(22(17)29-23)28-16-21(25)24-13-6-7-14-27-19-11-5-4-10-18(19)26-3/h4-5,8-12H,13-16H2,1-3H3,(H,24,25). The average molecular weight is 395 g/mol. The summed E-state index contributed by atoms with van der Waals surface area (Å²) in [5.41, 5.74) is 0.833. The molecular weight excluding hydrogens is 370 g/mol. The minimum absolute atomic E-state index is 0.0976. The number of methoxy groups -OCH3 is 1. The highest BCUT2D eigenvalue weighted by Crippen LogP contribution is 2.41. The molecule has 0 saturated carbocycles. The molecule has 0 aromatic heterocycles. The van der Waals surface area contributed by atoms with E-state index in [-0.39, 0.29) is 31.3 Å². The Balaban J connectivity index is 1.40. The van der Waals surface area contributed by atoms with Crippen LogP contribution in [0.25, 0.3) is 0 Å². The van der Waals surface area contributed by atoms with E-state index in [4.69, 9.17) is 18.9 Å². The second-order valence-corrected chi connectivity index (χ2v) is 7.14. The fourth-order valence-electron chi connectivity index (χ4n) is 3.00. The number of hydrogen-bond donors (Lipinski definition) is 1. The van der Waals surface area contributed by atoms with Crippen molar-refractivity contribution in [1.82, 2.24) is 5.32 Å². The third-order valence-electron chi connectivity index (χ3n) is 4.28. The van der Waals surface area contributed by atoms with Gasteiger partial charge in [0.1, 0.15) is 12.2 Å². The van der Waals surface area contributed by atoms with Crippen LogP contribution in [0.4, 0.5) is 0 Å². The molecular formula is C23H25NO5. The molecule has 2 aromatic rings. The monoisotopic (exact) mass is 395 g/mol. The summed E-state index contributed by atoms with van der Waals surface area (Å²) < 4.78 is 22.3. The first kappa shape index (κ1) is 20.4. The van der Waals surface area contributed by atoms with Crippen LogP contribution < -0.4 is 24.3 Å². The van der Waals surface area contributed by atoms with Gasteiger partial charge in [-0.3, -0.25) is 4.79 Å². The lowest BCUT2D eigenvalue weighted by atomic mass is 10.0. The van der Waals surface area contributed by atoms with Crippen molar-refractivity contribution in [1.29, 1.82) is 0 Å². The van der Waals surface area contributed by atoms with Crippen LogP contribution in [0.2, 0.25) is 0 Å². The number of hydrogen-bond acceptors (Lipinski definition) is 5. The molecule has 2 aromatic carbocycles. The molecule has 0 radical (unpaired) electrons. The van der Waals surface area contributed by atoms with E-state index < -0.39 is 0 Å². The maximum absolute atomic E-state index is 12.0. The van der Waals surface area contributed by atoms with Gasteiger partial charge in [-0.25, -0.2) is 0 Å². The zero-order valence-corrected chi connectivity index (χ0v) is 16.9. The fraction of sp³-hybridized carbons (Fsp3) is 0.348. The Bertz CT molecular complexity index is 926. The number of fused-ring (bicyclic) bond motifs is 1. The van der Waals surface area contributed by atoms with Crippen molar-refractivity contribution in [3.8, 4) is 34.8 Å². The number of amides is 1. The van der Waals surface area contributed by atoms with Crippen LogP contribution in [0.5, 0.6) is 23.0 Å². The van der Waals surface area contributed by atoms with Gasteiger partial charge in [0.05, 0.1) is 13.7 Å². The molecule has 6 heteroatoms. The molecule has 152 valence electrons. The molecule has 1 aliphatic rings. The van der Waals surface area contributed by atoms with Crippen LogP contribution in [-0.2, 0) is 11.2 Å². The second kappa shape index (κ2) is 9.24. The lowest BCUT2D eigenvalue weighted by Gasteiger charge is -2.18. The molecule has 0 atom stereocenters. The first-order valence-corrected chi connectivity index (χ1v) is 9.40. The van der Waals surface area contributed by atoms with E-state index in [0.717, 1.165) is 17.7 Å². The first-order valence-electron chi connectivity index (χ1n) is 9.40. The lowest BCUT2D eigenvalue weighted by molar-refractivity contribution is -0.122. The van der Waals surface area contributed by atoms with Gasteiger partial charge in [0.15, 0.2) is 29.6 Å². The van der Waals surface area contributed by atoms with Crippen molar-refractivity contribution in [2.24, 2.45) is 0 Å². The minimum atomic E-state index is -0.258. The summed E-state index contributed by atoms with van der Waals surface area (Å²) in [6.07, 6.45) is 0.818. The van der Waals surface area contributed by atoms with Crippen LogP contribution in [0.1, 0.15) is 19.4 Å². The Labute approximate surface area is 171 Å². The summed E-state index contributed by atoms with van der Waals surface area (Å²) in [5.74, 6) is 8.03. The molecule has 0 bridgehead atoms. The summed E-state index contributed by atoms with van der Waals surface area (Å²) in [7, 11) is 1.59. The summed E-state index contributed by atoms with van der Waals surface area (Å²) in [6.45, 7) is 4.38. The number of nitrogens with one attached hydrogen (secondary N) is 1. The van der Waals surface area contributed by atoms with Gasteiger partial charge < -0.3 is 24.3 Å². The fourth-order valence-corrected chi connectivity index (χ4v) is 3.00. The average Bonchev–Trinajstić information content (AvgIpc) is 3.03. The molecule has 0 fully saturated rings. The number of ether oxygens (including phenoxy) is 4. The van der Waals surface area contributed by atoms with Gasteiger partial charge in [-0.05, 0) is 32.0 Å². The summed E-state index contributed by atoms with van der Waals surface area (Å²) in [5, 5.41) is 2.70. The zero-order valence-electron chi connectivity index (χ0n) is 16.9. The Morgan fingerprint density at radius 1 is 1.07 bits per heavy atom. The molecule has 1 amide bonds. The summed E-state index contributed by atoms with van der Waals surface area (Å²) >= 11 is 0. The normalized spacial score (nSPS) is 13.3. The Morgan fingerprint density at radius 2 is 1.83 bits per heavy atom. The Morgan fingerprint density at radius 3 is 2.62 bits per heavy atom. The second-order valence-electron chi connectivity index (χ2n) is 7.14. The van der Waals surface area contributed by atoms with Gasteiger partial charge in [-0.2, -0.15) is 0 Å². The van der Waals surface area contributed by atoms with E-state index in [9.17, 15) is 4.79 Å². The van der Waals surface area contributed by atoms with Crippen LogP contribution in [0.3, 0.4) is 0 Å². The van der Waals surface area contributed by atoms with Gasteiger partial charge in [0, 0.05) is 12.0 Å². The van der Waals surface area contributed by atoms with E-state index in [1.54, 1.807) is 7.11 Å². The van der Waals surface area contributed by atoms with E-state index in [1.807, 2.05) is 56.3 Å². The molecule has 1 heterocycles. The van der Waals surface area contributed by atoms with Crippen LogP contribution in [-0.4, -0.2) is 38.4 Å². The van der Waals surface area contributed by atoms with Gasteiger partial charge in [0.2, 0.25) is 0 Å². The summed E-state index contributed by atoms with van der Waals surface area (Å²) in [4.78, 5) is 12.0. The molecule has 0 saturated heterocycles. The van der Waals surface area contributed by atoms with Gasteiger partial charge in [-0.1, -0.05) is 36.1 Å². The van der Waals surface area contributed by atoms with Crippen molar-refractivity contribution in [3.05, 3.63) is 48.0 Å². The molecule has 1 N–H and O–H groups in total. The number of benzene rings is 2. The predicted molar refractivity (Wildman–Crippen MR) is 110 cm³/mol. The smallest absolute Gasteiger partial charge is 0.258 e. The van der Waals surface area contributed by atoms with Crippen molar-refractivity contribution in [3.63, 3.8) is 0 Å². The first-order chi connectivity index (χ1) is 14.0. The van der Waals surface area contributed by atoms with Crippen molar-refractivity contribution in [2.75, 3.05) is 26.9 Å². The summed E-state index contributed by atoms with van der Waals surface area (Å²) in [6, 6.07) is 13.1. The molecule has 3 rings (SSSR count). The van der Waals surface area contributed by atoms with E-state index in [1.165, 1.54) is 0 Å². The van der Waals surface area contributed by atoms with Crippen LogP contribution in [0, 0.1) is 11.8 Å². The van der Waals surface area contributed by atoms with Crippen molar-refractivity contribution >= 4 is 5.91 Å². The van der Waals surface area contributed by atoms with Crippen molar-refractivity contribution in [2.45, 2.75) is 25.9 Å². The largest absolute Gasteiger partial charge is 0.493 e. The van der Waals surface area contributed by atoms with Crippen LogP contribution >= 0.6 is 0 Å².